The van der Waals surface area contributed by atoms with Gasteiger partial charge in [0.1, 0.15) is 17.1 Å². The van der Waals surface area contributed by atoms with Crippen molar-refractivity contribution in [3.8, 4) is 0 Å². The number of halogens is 1. The number of nitrogens with two attached hydrogens (primary N) is 1. The molecule has 2 aromatic heterocycles. The van der Waals surface area contributed by atoms with Gasteiger partial charge in [-0.15, -0.1) is 0 Å². The molecule has 8 heteroatoms. The Bertz CT molecular complexity index is 909. The zero-order valence-electron chi connectivity index (χ0n) is 10.1. The van der Waals surface area contributed by atoms with Gasteiger partial charge in [-0.1, -0.05) is 17.7 Å². The smallest absolute Gasteiger partial charge is 0.328 e. The molecule has 0 fully saturated rings. The van der Waals surface area contributed by atoms with E-state index in [0.717, 1.165) is 0 Å². The maximum absolute atomic E-state index is 11.6. The number of nitrogens with one attached hydrogen (secondary N) is 1. The SMILES string of the molecule is Nc1cccc2oc(Cn3cc(Cl)c(=O)[nH]c3=O)nc12. The zero-order valence-corrected chi connectivity index (χ0v) is 10.8. The Hall–Kier alpha value is -2.54. The second kappa shape index (κ2) is 4.53. The van der Waals surface area contributed by atoms with Gasteiger partial charge in [-0.3, -0.25) is 14.3 Å². The van der Waals surface area contributed by atoms with Gasteiger partial charge in [0.05, 0.1) is 5.69 Å². The molecule has 3 rings (SSSR count). The van der Waals surface area contributed by atoms with Crippen molar-refractivity contribution < 1.29 is 4.42 Å². The van der Waals surface area contributed by atoms with Crippen LogP contribution in [0.4, 0.5) is 5.69 Å². The quantitative estimate of drug-likeness (QED) is 0.684. The first-order valence-corrected chi connectivity index (χ1v) is 6.05. The van der Waals surface area contributed by atoms with Gasteiger partial charge in [-0.05, 0) is 12.1 Å². The third-order valence-corrected chi connectivity index (χ3v) is 3.04. The van der Waals surface area contributed by atoms with Crippen LogP contribution in [0.2, 0.25) is 5.02 Å². The number of hydrogen-bond acceptors (Lipinski definition) is 5. The van der Waals surface area contributed by atoms with E-state index in [1.165, 1.54) is 10.8 Å². The maximum atomic E-state index is 11.6. The minimum absolute atomic E-state index is 0.0451. The molecule has 0 spiro atoms. The number of fused-ring (bicyclic) bond motifs is 1. The predicted octanol–water partition coefficient (Wildman–Crippen LogP) is 0.962. The molecule has 3 aromatic rings. The lowest BCUT2D eigenvalue weighted by molar-refractivity contribution is 0.500. The molecule has 0 aliphatic carbocycles. The Balaban J connectivity index is 2.05. The van der Waals surface area contributed by atoms with Crippen molar-refractivity contribution in [2.75, 3.05) is 5.73 Å². The number of para-hydroxylation sites is 1. The van der Waals surface area contributed by atoms with E-state index in [-0.39, 0.29) is 11.6 Å². The Morgan fingerprint density at radius 1 is 1.40 bits per heavy atom. The lowest BCUT2D eigenvalue weighted by Crippen LogP contribution is -2.30. The highest BCUT2D eigenvalue weighted by atomic mass is 35.5. The molecule has 0 unspecified atom stereocenters. The lowest BCUT2D eigenvalue weighted by atomic mass is 10.3. The molecular weight excluding hydrogens is 284 g/mol. The second-order valence-electron chi connectivity index (χ2n) is 4.17. The molecule has 0 radical (unpaired) electrons. The minimum atomic E-state index is -0.630. The molecule has 1 aromatic carbocycles. The fourth-order valence-corrected chi connectivity index (χ4v) is 1.99. The Labute approximate surface area is 116 Å². The van der Waals surface area contributed by atoms with Crippen LogP contribution in [0.15, 0.2) is 38.4 Å². The lowest BCUT2D eigenvalue weighted by Gasteiger charge is -2.01. The molecule has 0 saturated heterocycles. The number of nitrogens with zero attached hydrogens (tertiary/aromatic N) is 2. The standard InChI is InChI=1S/C12H9ClN4O3/c13-6-4-17(12(19)16-11(6)18)5-9-15-10-7(14)2-1-3-8(10)20-9/h1-4H,5,14H2,(H,16,18,19). The molecule has 102 valence electrons. The highest BCUT2D eigenvalue weighted by molar-refractivity contribution is 6.30. The Kier molecular flexibility index (Phi) is 2.83. The summed E-state index contributed by atoms with van der Waals surface area (Å²) in [6.45, 7) is 0.0451. The summed E-state index contributed by atoms with van der Waals surface area (Å²) in [5.41, 5.74) is 6.11. The number of nitrogen functional groups attached to an aromatic ring is 1. The van der Waals surface area contributed by atoms with Crippen molar-refractivity contribution in [3.05, 3.63) is 56.1 Å². The van der Waals surface area contributed by atoms with Crippen LogP contribution in [0.1, 0.15) is 5.89 Å². The molecule has 0 atom stereocenters. The molecular formula is C12H9ClN4O3. The minimum Gasteiger partial charge on any atom is -0.439 e. The van der Waals surface area contributed by atoms with Crippen molar-refractivity contribution in [1.29, 1.82) is 0 Å². The van der Waals surface area contributed by atoms with Crippen LogP contribution in [0.25, 0.3) is 11.1 Å². The van der Waals surface area contributed by atoms with Gasteiger partial charge in [0.2, 0.25) is 5.89 Å². The van der Waals surface area contributed by atoms with Crippen LogP contribution in [-0.4, -0.2) is 14.5 Å². The fraction of sp³-hybridized carbons (Fsp3) is 0.0833. The first kappa shape index (κ1) is 12.5. The molecule has 0 aliphatic heterocycles. The molecule has 0 amide bonds. The largest absolute Gasteiger partial charge is 0.439 e. The van der Waals surface area contributed by atoms with Crippen molar-refractivity contribution in [1.82, 2.24) is 14.5 Å². The number of H-pyrrole nitrogens is 1. The van der Waals surface area contributed by atoms with Crippen LogP contribution in [0.5, 0.6) is 0 Å². The molecule has 2 heterocycles. The Morgan fingerprint density at radius 2 is 2.20 bits per heavy atom. The Morgan fingerprint density at radius 3 is 2.95 bits per heavy atom. The van der Waals surface area contributed by atoms with Gasteiger partial charge in [0.25, 0.3) is 5.56 Å². The van der Waals surface area contributed by atoms with E-state index in [4.69, 9.17) is 21.8 Å². The second-order valence-corrected chi connectivity index (χ2v) is 4.57. The van der Waals surface area contributed by atoms with E-state index in [1.54, 1.807) is 18.2 Å². The van der Waals surface area contributed by atoms with E-state index in [2.05, 4.69) is 9.97 Å². The van der Waals surface area contributed by atoms with Crippen LogP contribution in [-0.2, 0) is 6.54 Å². The number of anilines is 1. The first-order chi connectivity index (χ1) is 9.54. The summed E-state index contributed by atoms with van der Waals surface area (Å²) in [5.74, 6) is 0.295. The monoisotopic (exact) mass is 292 g/mol. The average Bonchev–Trinajstić information content (AvgIpc) is 2.80. The molecule has 0 bridgehead atoms. The van der Waals surface area contributed by atoms with Gasteiger partial charge in [-0.2, -0.15) is 0 Å². The van der Waals surface area contributed by atoms with Gasteiger partial charge >= 0.3 is 5.69 Å². The molecule has 0 saturated carbocycles. The molecule has 3 N–H and O–H groups in total. The number of hydrogen-bond donors (Lipinski definition) is 2. The number of aromatic nitrogens is 3. The highest BCUT2D eigenvalue weighted by Crippen LogP contribution is 2.21. The van der Waals surface area contributed by atoms with Gasteiger partial charge in [0, 0.05) is 6.20 Å². The number of aromatic amines is 1. The van der Waals surface area contributed by atoms with Crippen LogP contribution in [0.3, 0.4) is 0 Å². The summed E-state index contributed by atoms with van der Waals surface area (Å²) in [6.07, 6.45) is 1.24. The average molecular weight is 293 g/mol. The van der Waals surface area contributed by atoms with Crippen LogP contribution >= 0.6 is 11.6 Å². The van der Waals surface area contributed by atoms with Crippen molar-refractivity contribution in [3.63, 3.8) is 0 Å². The third kappa shape index (κ3) is 2.08. The molecule has 0 aliphatic rings. The predicted molar refractivity (Wildman–Crippen MR) is 73.9 cm³/mol. The number of benzene rings is 1. The summed E-state index contributed by atoms with van der Waals surface area (Å²) < 4.78 is 6.69. The third-order valence-electron chi connectivity index (χ3n) is 2.77. The van der Waals surface area contributed by atoms with Crippen LogP contribution in [0, 0.1) is 0 Å². The highest BCUT2D eigenvalue weighted by Gasteiger charge is 2.10. The van der Waals surface area contributed by atoms with Gasteiger partial charge in [0.15, 0.2) is 5.58 Å². The van der Waals surface area contributed by atoms with Gasteiger partial charge < -0.3 is 10.2 Å². The van der Waals surface area contributed by atoms with Gasteiger partial charge in [-0.25, -0.2) is 9.78 Å². The zero-order chi connectivity index (χ0) is 14.3. The normalized spacial score (nSPS) is 11.1. The maximum Gasteiger partial charge on any atom is 0.328 e. The number of rotatable bonds is 2. The van der Waals surface area contributed by atoms with E-state index in [9.17, 15) is 9.59 Å². The fourth-order valence-electron chi connectivity index (χ4n) is 1.83. The van der Waals surface area contributed by atoms with Crippen molar-refractivity contribution >= 4 is 28.4 Å². The first-order valence-electron chi connectivity index (χ1n) is 5.68. The molecule has 7 nitrogen and oxygen atoms in total. The van der Waals surface area contributed by atoms with Crippen molar-refractivity contribution in [2.24, 2.45) is 0 Å². The summed E-state index contributed by atoms with van der Waals surface area (Å²) in [4.78, 5) is 29.1. The summed E-state index contributed by atoms with van der Waals surface area (Å²) >= 11 is 5.68. The van der Waals surface area contributed by atoms with E-state index < -0.39 is 11.2 Å². The van der Waals surface area contributed by atoms with E-state index in [0.29, 0.717) is 22.7 Å². The van der Waals surface area contributed by atoms with E-state index in [1.807, 2.05) is 0 Å². The molecule has 20 heavy (non-hydrogen) atoms. The summed E-state index contributed by atoms with van der Waals surface area (Å²) in [6, 6.07) is 5.18. The van der Waals surface area contributed by atoms with Crippen LogP contribution < -0.4 is 17.0 Å². The van der Waals surface area contributed by atoms with Crippen molar-refractivity contribution in [2.45, 2.75) is 6.54 Å². The topological polar surface area (TPSA) is 107 Å². The summed E-state index contributed by atoms with van der Waals surface area (Å²) in [5, 5.41) is -0.0831. The number of oxazole rings is 1. The van der Waals surface area contributed by atoms with E-state index >= 15 is 0 Å². The summed E-state index contributed by atoms with van der Waals surface area (Å²) in [7, 11) is 0.